The molecule has 3 heteroatoms. The minimum Gasteiger partial charge on any atom is -0.395 e. The number of aliphatic hydroxyl groups excluding tert-OH is 1. The number of aliphatic hydroxyl groups is 1. The molecule has 0 aromatic heterocycles. The summed E-state index contributed by atoms with van der Waals surface area (Å²) in [7, 11) is 0. The van der Waals surface area contributed by atoms with Gasteiger partial charge in [0.15, 0.2) is 0 Å². The smallest absolute Gasteiger partial charge is 0.0991 e. The molecule has 0 spiro atoms. The Morgan fingerprint density at radius 1 is 0.840 bits per heavy atom. The number of nitrogens with zero attached hydrogens (tertiary/aromatic N) is 2. The van der Waals surface area contributed by atoms with Gasteiger partial charge in [-0.15, -0.1) is 0 Å². The van der Waals surface area contributed by atoms with Crippen molar-refractivity contribution in [2.45, 2.75) is 104 Å². The molecule has 0 amide bonds. The third-order valence-electron chi connectivity index (χ3n) is 5.33. The average molecular weight is 353 g/mol. The normalized spacial score (nSPS) is 14.6. The molecule has 148 valence electrons. The van der Waals surface area contributed by atoms with E-state index in [1.807, 2.05) is 0 Å². The lowest BCUT2D eigenvalue weighted by atomic mass is 10.0. The van der Waals surface area contributed by atoms with E-state index in [-0.39, 0.29) is 6.61 Å². The van der Waals surface area contributed by atoms with Crippen LogP contribution in [0.15, 0.2) is 4.99 Å². The van der Waals surface area contributed by atoms with E-state index in [2.05, 4.69) is 23.7 Å². The SMILES string of the molecule is CC(C)CCCCCCCCCCCCCCC1=NCCN1CCO. The van der Waals surface area contributed by atoms with Gasteiger partial charge in [-0.25, -0.2) is 0 Å². The predicted molar refractivity (Wildman–Crippen MR) is 110 cm³/mol. The van der Waals surface area contributed by atoms with Gasteiger partial charge in [0.25, 0.3) is 0 Å². The lowest BCUT2D eigenvalue weighted by Gasteiger charge is -2.18. The number of hydrogen-bond donors (Lipinski definition) is 1. The first-order chi connectivity index (χ1) is 12.2. The molecule has 0 saturated carbocycles. The van der Waals surface area contributed by atoms with Crippen molar-refractivity contribution in [3.05, 3.63) is 0 Å². The molecular formula is C22H44N2O. The fourth-order valence-electron chi connectivity index (χ4n) is 3.73. The molecule has 0 aromatic rings. The Kier molecular flexibility index (Phi) is 14.1. The molecule has 0 aromatic carbocycles. The second-order valence-electron chi connectivity index (χ2n) is 8.18. The van der Waals surface area contributed by atoms with Gasteiger partial charge in [0.1, 0.15) is 0 Å². The molecule has 1 aliphatic rings. The molecule has 1 rings (SSSR count). The van der Waals surface area contributed by atoms with Crippen LogP contribution in [0.4, 0.5) is 0 Å². The van der Waals surface area contributed by atoms with Crippen molar-refractivity contribution in [3.8, 4) is 0 Å². The van der Waals surface area contributed by atoms with Crippen LogP contribution in [-0.2, 0) is 0 Å². The summed E-state index contributed by atoms with van der Waals surface area (Å²) in [5, 5.41) is 9.05. The molecule has 1 N–H and O–H groups in total. The number of hydrogen-bond acceptors (Lipinski definition) is 3. The van der Waals surface area contributed by atoms with Crippen molar-refractivity contribution in [2.75, 3.05) is 26.2 Å². The highest BCUT2D eigenvalue weighted by Crippen LogP contribution is 2.15. The van der Waals surface area contributed by atoms with Crippen molar-refractivity contribution in [1.29, 1.82) is 0 Å². The Morgan fingerprint density at radius 2 is 1.36 bits per heavy atom. The molecule has 25 heavy (non-hydrogen) atoms. The maximum atomic E-state index is 9.05. The number of unbranched alkanes of at least 4 members (excludes halogenated alkanes) is 11. The van der Waals surface area contributed by atoms with Crippen LogP contribution in [0.2, 0.25) is 0 Å². The second kappa shape index (κ2) is 15.7. The van der Waals surface area contributed by atoms with E-state index in [0.29, 0.717) is 0 Å². The van der Waals surface area contributed by atoms with Gasteiger partial charge >= 0.3 is 0 Å². The van der Waals surface area contributed by atoms with Gasteiger partial charge < -0.3 is 10.0 Å². The van der Waals surface area contributed by atoms with E-state index in [1.54, 1.807) is 0 Å². The predicted octanol–water partition coefficient (Wildman–Crippen LogP) is 5.81. The van der Waals surface area contributed by atoms with Crippen LogP contribution < -0.4 is 0 Å². The summed E-state index contributed by atoms with van der Waals surface area (Å²) in [4.78, 5) is 6.82. The molecule has 3 nitrogen and oxygen atoms in total. The molecule has 0 bridgehead atoms. The maximum absolute atomic E-state index is 9.05. The lowest BCUT2D eigenvalue weighted by Crippen LogP contribution is -2.30. The third kappa shape index (κ3) is 12.4. The van der Waals surface area contributed by atoms with E-state index < -0.39 is 0 Å². The topological polar surface area (TPSA) is 35.8 Å². The molecule has 0 fully saturated rings. The standard InChI is InChI=1S/C22H44N2O/c1-21(2)15-13-11-9-7-5-3-4-6-8-10-12-14-16-22-23-17-18-24(22)19-20-25/h21,25H,3-20H2,1-2H3. The monoisotopic (exact) mass is 352 g/mol. The molecule has 1 heterocycles. The molecular weight excluding hydrogens is 308 g/mol. The van der Waals surface area contributed by atoms with E-state index in [9.17, 15) is 0 Å². The molecule has 0 aliphatic carbocycles. The summed E-state index contributed by atoms with van der Waals surface area (Å²) in [6.07, 6.45) is 19.4. The first-order valence-corrected chi connectivity index (χ1v) is 11.1. The Morgan fingerprint density at radius 3 is 1.88 bits per heavy atom. The summed E-state index contributed by atoms with van der Waals surface area (Å²) in [5.41, 5.74) is 0. The van der Waals surface area contributed by atoms with Crippen LogP contribution >= 0.6 is 0 Å². The fraction of sp³-hybridized carbons (Fsp3) is 0.955. The number of β-amino-alcohol motifs (C(OH)–C–C–N with tert-alkyl or cyclic N) is 1. The minimum atomic E-state index is 0.247. The zero-order valence-corrected chi connectivity index (χ0v) is 17.1. The second-order valence-corrected chi connectivity index (χ2v) is 8.18. The highest BCUT2D eigenvalue weighted by atomic mass is 16.3. The zero-order chi connectivity index (χ0) is 18.2. The Bertz CT molecular complexity index is 328. The maximum Gasteiger partial charge on any atom is 0.0991 e. The van der Waals surface area contributed by atoms with Crippen molar-refractivity contribution in [3.63, 3.8) is 0 Å². The van der Waals surface area contributed by atoms with Crippen molar-refractivity contribution in [2.24, 2.45) is 10.9 Å². The highest BCUT2D eigenvalue weighted by Gasteiger charge is 2.14. The van der Waals surface area contributed by atoms with Gasteiger partial charge in [-0.2, -0.15) is 0 Å². The van der Waals surface area contributed by atoms with Gasteiger partial charge in [0.05, 0.1) is 19.0 Å². The van der Waals surface area contributed by atoms with Crippen LogP contribution in [-0.4, -0.2) is 42.1 Å². The van der Waals surface area contributed by atoms with Crippen molar-refractivity contribution < 1.29 is 5.11 Å². The Hall–Kier alpha value is -0.570. The third-order valence-corrected chi connectivity index (χ3v) is 5.33. The van der Waals surface area contributed by atoms with Gasteiger partial charge in [-0.05, 0) is 12.3 Å². The van der Waals surface area contributed by atoms with Crippen LogP contribution in [0.1, 0.15) is 104 Å². The first kappa shape index (κ1) is 22.5. The molecule has 0 atom stereocenters. The van der Waals surface area contributed by atoms with E-state index in [4.69, 9.17) is 5.11 Å². The van der Waals surface area contributed by atoms with Gasteiger partial charge in [-0.1, -0.05) is 90.9 Å². The van der Waals surface area contributed by atoms with Crippen LogP contribution in [0, 0.1) is 5.92 Å². The highest BCUT2D eigenvalue weighted by molar-refractivity contribution is 5.83. The van der Waals surface area contributed by atoms with Gasteiger partial charge in [-0.3, -0.25) is 4.99 Å². The van der Waals surface area contributed by atoms with Crippen molar-refractivity contribution >= 4 is 5.84 Å². The summed E-state index contributed by atoms with van der Waals surface area (Å²) in [6, 6.07) is 0. The number of rotatable bonds is 17. The first-order valence-electron chi connectivity index (χ1n) is 11.1. The fourth-order valence-corrected chi connectivity index (χ4v) is 3.73. The van der Waals surface area contributed by atoms with Gasteiger partial charge in [0.2, 0.25) is 0 Å². The van der Waals surface area contributed by atoms with E-state index in [0.717, 1.165) is 32.0 Å². The quantitative estimate of drug-likeness (QED) is 0.335. The van der Waals surface area contributed by atoms with Crippen LogP contribution in [0.3, 0.4) is 0 Å². The minimum absolute atomic E-state index is 0.247. The summed E-state index contributed by atoms with van der Waals surface area (Å²) in [5.74, 6) is 2.12. The van der Waals surface area contributed by atoms with Crippen molar-refractivity contribution in [1.82, 2.24) is 4.90 Å². The zero-order valence-electron chi connectivity index (χ0n) is 17.1. The average Bonchev–Trinajstić information content (AvgIpc) is 3.02. The Balaban J connectivity index is 1.78. The van der Waals surface area contributed by atoms with Crippen LogP contribution in [0.25, 0.3) is 0 Å². The molecule has 0 unspecified atom stereocenters. The largest absolute Gasteiger partial charge is 0.395 e. The Labute approximate surface area is 157 Å². The molecule has 1 aliphatic heterocycles. The summed E-state index contributed by atoms with van der Waals surface area (Å²) >= 11 is 0. The summed E-state index contributed by atoms with van der Waals surface area (Å²) < 4.78 is 0. The van der Waals surface area contributed by atoms with Gasteiger partial charge in [0, 0.05) is 19.5 Å². The van der Waals surface area contributed by atoms with E-state index >= 15 is 0 Å². The lowest BCUT2D eigenvalue weighted by molar-refractivity contribution is 0.255. The summed E-state index contributed by atoms with van der Waals surface area (Å²) in [6.45, 7) is 7.60. The van der Waals surface area contributed by atoms with E-state index in [1.165, 1.54) is 89.3 Å². The number of aliphatic imine (C=N–C) groups is 1. The van der Waals surface area contributed by atoms with Crippen LogP contribution in [0.5, 0.6) is 0 Å². The molecule has 0 saturated heterocycles. The molecule has 0 radical (unpaired) electrons. The number of amidine groups is 1.